The Morgan fingerprint density at radius 3 is 2.78 bits per heavy atom. The maximum absolute atomic E-state index is 12.5. The van der Waals surface area contributed by atoms with Crippen molar-refractivity contribution >= 4 is 23.3 Å². The lowest BCUT2D eigenvalue weighted by atomic mass is 10.1. The lowest BCUT2D eigenvalue weighted by molar-refractivity contribution is -0.142. The molecule has 0 radical (unpaired) electrons. The van der Waals surface area contributed by atoms with Crippen LogP contribution in [0, 0.1) is 0 Å². The third-order valence-electron chi connectivity index (χ3n) is 2.24. The number of anilines is 1. The molecule has 1 aromatic heterocycles. The van der Waals surface area contributed by atoms with Gasteiger partial charge >= 0.3 is 5.97 Å². The number of ether oxygens (including phenoxy) is 1. The second kappa shape index (κ2) is 6.49. The average molecular weight is 279 g/mol. The highest BCUT2D eigenvalue weighted by Crippen LogP contribution is 2.25. The van der Waals surface area contributed by atoms with Crippen LogP contribution < -0.4 is 5.73 Å². The number of hydrogen-bond acceptors (Lipinski definition) is 4. The molecule has 7 heteroatoms. The van der Waals surface area contributed by atoms with Crippen molar-refractivity contribution in [3.05, 3.63) is 23.0 Å². The monoisotopic (exact) mass is 278 g/mol. The summed E-state index contributed by atoms with van der Waals surface area (Å²) in [5, 5.41) is 0. The SMILES string of the molecule is CCOC(=O)Cc1c(N)cc(C(F)F)nc1CCl. The predicted octanol–water partition coefficient (Wildman–Crippen LogP) is 2.45. The van der Waals surface area contributed by atoms with E-state index in [9.17, 15) is 13.6 Å². The van der Waals surface area contributed by atoms with Crippen LogP contribution in [0.15, 0.2) is 6.07 Å². The molecule has 0 amide bonds. The number of nitrogens with zero attached hydrogens (tertiary/aromatic N) is 1. The predicted molar refractivity (Wildman–Crippen MR) is 63.5 cm³/mol. The van der Waals surface area contributed by atoms with Crippen LogP contribution in [0.25, 0.3) is 0 Å². The Bertz CT molecular complexity index is 441. The first-order valence-electron chi connectivity index (χ1n) is 5.27. The highest BCUT2D eigenvalue weighted by Gasteiger charge is 2.18. The van der Waals surface area contributed by atoms with Gasteiger partial charge in [-0.2, -0.15) is 0 Å². The van der Waals surface area contributed by atoms with E-state index in [2.05, 4.69) is 4.98 Å². The van der Waals surface area contributed by atoms with E-state index in [4.69, 9.17) is 22.1 Å². The van der Waals surface area contributed by atoms with Crippen LogP contribution in [-0.2, 0) is 21.8 Å². The number of pyridine rings is 1. The average Bonchev–Trinajstić information content (AvgIpc) is 2.31. The number of esters is 1. The van der Waals surface area contributed by atoms with E-state index in [0.29, 0.717) is 5.56 Å². The summed E-state index contributed by atoms with van der Waals surface area (Å²) in [7, 11) is 0. The van der Waals surface area contributed by atoms with Crippen molar-refractivity contribution in [2.45, 2.75) is 25.7 Å². The minimum Gasteiger partial charge on any atom is -0.466 e. The van der Waals surface area contributed by atoms with Gasteiger partial charge in [0.2, 0.25) is 0 Å². The van der Waals surface area contributed by atoms with Crippen molar-refractivity contribution in [1.29, 1.82) is 0 Å². The van der Waals surface area contributed by atoms with Gasteiger partial charge in [-0.15, -0.1) is 11.6 Å². The van der Waals surface area contributed by atoms with Gasteiger partial charge in [0.1, 0.15) is 5.69 Å². The summed E-state index contributed by atoms with van der Waals surface area (Å²) in [4.78, 5) is 15.0. The van der Waals surface area contributed by atoms with Crippen LogP contribution in [0.3, 0.4) is 0 Å². The molecule has 0 spiro atoms. The fourth-order valence-corrected chi connectivity index (χ4v) is 1.67. The van der Waals surface area contributed by atoms with Crippen molar-refractivity contribution in [2.75, 3.05) is 12.3 Å². The summed E-state index contributed by atoms with van der Waals surface area (Å²) >= 11 is 5.63. The number of rotatable bonds is 5. The summed E-state index contributed by atoms with van der Waals surface area (Å²) in [5.41, 5.74) is 5.79. The van der Waals surface area contributed by atoms with Gasteiger partial charge in [-0.3, -0.25) is 9.78 Å². The van der Waals surface area contributed by atoms with Crippen LogP contribution >= 0.6 is 11.6 Å². The summed E-state index contributed by atoms with van der Waals surface area (Å²) < 4.78 is 29.8. The quantitative estimate of drug-likeness (QED) is 0.664. The third kappa shape index (κ3) is 3.53. The summed E-state index contributed by atoms with van der Waals surface area (Å²) in [5.74, 6) is -0.596. The first kappa shape index (κ1) is 14.6. The molecule has 18 heavy (non-hydrogen) atoms. The molecule has 0 saturated carbocycles. The molecule has 2 N–H and O–H groups in total. The minimum atomic E-state index is -2.73. The Balaban J connectivity index is 3.07. The van der Waals surface area contributed by atoms with Crippen molar-refractivity contribution in [2.24, 2.45) is 0 Å². The lowest BCUT2D eigenvalue weighted by Crippen LogP contribution is -2.13. The Hall–Kier alpha value is -1.43. The van der Waals surface area contributed by atoms with Crippen molar-refractivity contribution < 1.29 is 18.3 Å². The second-order valence-corrected chi connectivity index (χ2v) is 3.74. The molecule has 0 bridgehead atoms. The molecule has 0 atom stereocenters. The van der Waals surface area contributed by atoms with Gasteiger partial charge in [0.25, 0.3) is 6.43 Å². The van der Waals surface area contributed by atoms with E-state index in [1.807, 2.05) is 0 Å². The molecule has 0 saturated heterocycles. The van der Waals surface area contributed by atoms with Gasteiger partial charge < -0.3 is 10.5 Å². The maximum Gasteiger partial charge on any atom is 0.310 e. The fourth-order valence-electron chi connectivity index (χ4n) is 1.45. The van der Waals surface area contributed by atoms with Gasteiger partial charge in [-0.05, 0) is 13.0 Å². The highest BCUT2D eigenvalue weighted by molar-refractivity contribution is 6.17. The maximum atomic E-state index is 12.5. The van der Waals surface area contributed by atoms with E-state index >= 15 is 0 Å². The summed E-state index contributed by atoms with van der Waals surface area (Å²) in [6.07, 6.45) is -2.86. The summed E-state index contributed by atoms with van der Waals surface area (Å²) in [6.45, 7) is 1.90. The number of nitrogen functional groups attached to an aromatic ring is 1. The minimum absolute atomic E-state index is 0.0732. The van der Waals surface area contributed by atoms with Gasteiger partial charge in [0.05, 0.1) is 24.6 Å². The van der Waals surface area contributed by atoms with Crippen molar-refractivity contribution in [3.63, 3.8) is 0 Å². The number of halogens is 3. The molecule has 0 aliphatic rings. The Morgan fingerprint density at radius 1 is 1.61 bits per heavy atom. The standard InChI is InChI=1S/C11H13ClF2N2O2/c1-2-18-10(17)3-6-7(15)4-8(11(13)14)16-9(6)5-12/h4,11H,2-3,5H2,1H3,(H2,15,16). The van der Waals surface area contributed by atoms with Crippen LogP contribution in [0.1, 0.15) is 30.3 Å². The molecule has 0 aromatic carbocycles. The van der Waals surface area contributed by atoms with Crippen LogP contribution in [-0.4, -0.2) is 17.6 Å². The van der Waals surface area contributed by atoms with Crippen molar-refractivity contribution in [3.8, 4) is 0 Å². The largest absolute Gasteiger partial charge is 0.466 e. The topological polar surface area (TPSA) is 65.2 Å². The Kier molecular flexibility index (Phi) is 5.27. The number of carbonyl (C=O) groups excluding carboxylic acids is 1. The molecule has 0 fully saturated rings. The normalized spacial score (nSPS) is 10.7. The first-order valence-corrected chi connectivity index (χ1v) is 5.80. The number of alkyl halides is 3. The molecular weight excluding hydrogens is 266 g/mol. The molecule has 0 unspecified atom stereocenters. The number of carbonyl (C=O) groups is 1. The van der Waals surface area contributed by atoms with Crippen LogP contribution in [0.5, 0.6) is 0 Å². The zero-order valence-electron chi connectivity index (χ0n) is 9.75. The summed E-state index contributed by atoms with van der Waals surface area (Å²) in [6, 6.07) is 1.05. The molecule has 1 aromatic rings. The molecular formula is C11H13ClF2N2O2. The zero-order valence-corrected chi connectivity index (χ0v) is 10.5. The number of hydrogen-bond donors (Lipinski definition) is 1. The smallest absolute Gasteiger partial charge is 0.310 e. The van der Waals surface area contributed by atoms with E-state index in [1.54, 1.807) is 6.92 Å². The van der Waals surface area contributed by atoms with E-state index < -0.39 is 18.1 Å². The zero-order chi connectivity index (χ0) is 13.7. The van der Waals surface area contributed by atoms with E-state index in [1.165, 1.54) is 0 Å². The second-order valence-electron chi connectivity index (χ2n) is 3.48. The molecule has 0 aliphatic carbocycles. The Morgan fingerprint density at radius 2 is 2.28 bits per heavy atom. The fraction of sp³-hybridized carbons (Fsp3) is 0.455. The van der Waals surface area contributed by atoms with Gasteiger partial charge in [0.15, 0.2) is 0 Å². The van der Waals surface area contributed by atoms with E-state index in [0.717, 1.165) is 6.07 Å². The highest BCUT2D eigenvalue weighted by atomic mass is 35.5. The molecule has 4 nitrogen and oxygen atoms in total. The molecule has 1 rings (SSSR count). The Labute approximate surface area is 108 Å². The number of aromatic nitrogens is 1. The van der Waals surface area contributed by atoms with Crippen LogP contribution in [0.4, 0.5) is 14.5 Å². The van der Waals surface area contributed by atoms with Gasteiger partial charge in [-0.25, -0.2) is 8.78 Å². The third-order valence-corrected chi connectivity index (χ3v) is 2.49. The van der Waals surface area contributed by atoms with E-state index in [-0.39, 0.29) is 30.3 Å². The number of nitrogens with two attached hydrogens (primary N) is 1. The van der Waals surface area contributed by atoms with Crippen molar-refractivity contribution in [1.82, 2.24) is 4.98 Å². The molecule has 0 aliphatic heterocycles. The van der Waals surface area contributed by atoms with Crippen LogP contribution in [0.2, 0.25) is 0 Å². The van der Waals surface area contributed by atoms with Gasteiger partial charge in [-0.1, -0.05) is 0 Å². The molecule has 1 heterocycles. The van der Waals surface area contributed by atoms with Gasteiger partial charge in [0, 0.05) is 11.3 Å². The molecule has 100 valence electrons. The lowest BCUT2D eigenvalue weighted by Gasteiger charge is -2.11. The first-order chi connectivity index (χ1) is 8.49.